The summed E-state index contributed by atoms with van der Waals surface area (Å²) in [6.07, 6.45) is 5.49. The second kappa shape index (κ2) is 4.40. The predicted molar refractivity (Wildman–Crippen MR) is 54.7 cm³/mol. The molecular formula is C10H21N3. The minimum absolute atomic E-state index is 0.743. The number of hydrogen-bond acceptors (Lipinski definition) is 3. The number of likely N-dealkylation sites (tertiary alicyclic amines) is 1. The Kier molecular flexibility index (Phi) is 3.19. The zero-order valence-electron chi connectivity index (χ0n) is 8.34. The molecule has 0 bridgehead atoms. The summed E-state index contributed by atoms with van der Waals surface area (Å²) in [6, 6.07) is 1.59. The van der Waals surface area contributed by atoms with Crippen LogP contribution in [0.2, 0.25) is 0 Å². The van der Waals surface area contributed by atoms with E-state index in [1.165, 1.54) is 38.8 Å². The van der Waals surface area contributed by atoms with Crippen LogP contribution >= 0.6 is 0 Å². The molecule has 76 valence electrons. The summed E-state index contributed by atoms with van der Waals surface area (Å²) in [5, 5.41) is 3.70. The maximum absolute atomic E-state index is 5.56. The predicted octanol–water partition coefficient (Wildman–Crippen LogP) is 0.162. The van der Waals surface area contributed by atoms with Crippen LogP contribution in [0, 0.1) is 0 Å². The summed E-state index contributed by atoms with van der Waals surface area (Å²) < 4.78 is 0. The van der Waals surface area contributed by atoms with Gasteiger partial charge in [-0.25, -0.2) is 0 Å². The molecular weight excluding hydrogens is 162 g/mol. The third-order valence-corrected chi connectivity index (χ3v) is 3.00. The smallest absolute Gasteiger partial charge is 0.0198 e. The van der Waals surface area contributed by atoms with E-state index in [4.69, 9.17) is 5.73 Å². The van der Waals surface area contributed by atoms with E-state index in [-0.39, 0.29) is 0 Å². The average Bonchev–Trinajstić information content (AvgIpc) is 2.90. The van der Waals surface area contributed by atoms with Crippen LogP contribution in [0.3, 0.4) is 0 Å². The Morgan fingerprint density at radius 3 is 2.77 bits per heavy atom. The highest BCUT2D eigenvalue weighted by molar-refractivity contribution is 4.87. The van der Waals surface area contributed by atoms with E-state index >= 15 is 0 Å². The van der Waals surface area contributed by atoms with Gasteiger partial charge in [-0.1, -0.05) is 0 Å². The average molecular weight is 183 g/mol. The molecule has 1 aliphatic heterocycles. The van der Waals surface area contributed by atoms with Crippen molar-refractivity contribution in [2.24, 2.45) is 5.73 Å². The highest BCUT2D eigenvalue weighted by atomic mass is 15.2. The lowest BCUT2D eigenvalue weighted by atomic mass is 10.1. The van der Waals surface area contributed by atoms with Gasteiger partial charge in [0.25, 0.3) is 0 Å². The number of nitrogens with one attached hydrogen (secondary N) is 1. The van der Waals surface area contributed by atoms with E-state index in [2.05, 4.69) is 10.2 Å². The fourth-order valence-corrected chi connectivity index (χ4v) is 2.16. The molecule has 1 heterocycles. The zero-order chi connectivity index (χ0) is 9.10. The van der Waals surface area contributed by atoms with Crippen LogP contribution in [0.25, 0.3) is 0 Å². The minimum Gasteiger partial charge on any atom is -0.329 e. The first-order valence-corrected chi connectivity index (χ1v) is 5.57. The highest BCUT2D eigenvalue weighted by Gasteiger charge is 2.27. The molecule has 0 aromatic carbocycles. The molecule has 1 aliphatic carbocycles. The highest BCUT2D eigenvalue weighted by Crippen LogP contribution is 2.21. The lowest BCUT2D eigenvalue weighted by Crippen LogP contribution is -2.47. The maximum Gasteiger partial charge on any atom is 0.0198 e. The van der Waals surface area contributed by atoms with Crippen molar-refractivity contribution >= 4 is 0 Å². The molecule has 2 aliphatic rings. The van der Waals surface area contributed by atoms with Crippen molar-refractivity contribution in [3.8, 4) is 0 Å². The molecule has 0 spiro atoms. The fourth-order valence-electron chi connectivity index (χ4n) is 2.16. The Bertz CT molecular complexity index is 154. The normalized spacial score (nSPS) is 30.7. The van der Waals surface area contributed by atoms with Gasteiger partial charge in [-0.3, -0.25) is 0 Å². The van der Waals surface area contributed by atoms with Crippen LogP contribution in [0.4, 0.5) is 0 Å². The molecule has 1 atom stereocenters. The Balaban J connectivity index is 1.70. The van der Waals surface area contributed by atoms with Gasteiger partial charge in [-0.15, -0.1) is 0 Å². The third kappa shape index (κ3) is 2.93. The van der Waals surface area contributed by atoms with Crippen molar-refractivity contribution in [2.75, 3.05) is 26.2 Å². The molecule has 3 nitrogen and oxygen atoms in total. The Labute approximate surface area is 80.7 Å². The monoisotopic (exact) mass is 183 g/mol. The van der Waals surface area contributed by atoms with Gasteiger partial charge in [0.2, 0.25) is 0 Å². The topological polar surface area (TPSA) is 41.3 Å². The number of piperidine rings is 1. The third-order valence-electron chi connectivity index (χ3n) is 3.00. The van der Waals surface area contributed by atoms with Gasteiger partial charge in [0.15, 0.2) is 0 Å². The van der Waals surface area contributed by atoms with E-state index in [1.54, 1.807) is 0 Å². The molecule has 0 aromatic rings. The summed E-state index contributed by atoms with van der Waals surface area (Å²) in [7, 11) is 0. The van der Waals surface area contributed by atoms with Crippen LogP contribution in [-0.2, 0) is 0 Å². The number of nitrogens with zero attached hydrogens (tertiary/aromatic N) is 1. The number of rotatable bonds is 4. The first-order chi connectivity index (χ1) is 6.38. The minimum atomic E-state index is 0.743. The van der Waals surface area contributed by atoms with E-state index in [1.807, 2.05) is 0 Å². The number of nitrogens with two attached hydrogens (primary N) is 1. The fraction of sp³-hybridized carbons (Fsp3) is 1.00. The van der Waals surface area contributed by atoms with E-state index in [0.29, 0.717) is 0 Å². The zero-order valence-corrected chi connectivity index (χ0v) is 8.34. The molecule has 0 amide bonds. The number of hydrogen-bond donors (Lipinski definition) is 2. The molecule has 0 radical (unpaired) electrons. The molecule has 3 N–H and O–H groups in total. The van der Waals surface area contributed by atoms with Gasteiger partial charge >= 0.3 is 0 Å². The summed E-state index contributed by atoms with van der Waals surface area (Å²) in [5.74, 6) is 0. The van der Waals surface area contributed by atoms with Crippen molar-refractivity contribution in [2.45, 2.75) is 37.8 Å². The largest absolute Gasteiger partial charge is 0.329 e. The van der Waals surface area contributed by atoms with E-state index in [9.17, 15) is 0 Å². The van der Waals surface area contributed by atoms with Crippen molar-refractivity contribution in [1.82, 2.24) is 10.2 Å². The van der Waals surface area contributed by atoms with Crippen LogP contribution in [0.15, 0.2) is 0 Å². The lowest BCUT2D eigenvalue weighted by molar-refractivity contribution is 0.194. The van der Waals surface area contributed by atoms with Crippen LogP contribution in [-0.4, -0.2) is 43.2 Å². The summed E-state index contributed by atoms with van der Waals surface area (Å²) in [5.41, 5.74) is 5.56. The standard InChI is InChI=1S/C10H21N3/c11-5-7-13-6-1-2-10(8-13)12-9-3-4-9/h9-10,12H,1-8,11H2. The Morgan fingerprint density at radius 2 is 2.08 bits per heavy atom. The van der Waals surface area contributed by atoms with Gasteiger partial charge < -0.3 is 16.0 Å². The SMILES string of the molecule is NCCN1CCCC(NC2CC2)C1. The van der Waals surface area contributed by atoms with Gasteiger partial charge in [-0.05, 0) is 32.2 Å². The van der Waals surface area contributed by atoms with Crippen molar-refractivity contribution < 1.29 is 0 Å². The van der Waals surface area contributed by atoms with Gasteiger partial charge in [0.1, 0.15) is 0 Å². The van der Waals surface area contributed by atoms with Crippen LogP contribution in [0.5, 0.6) is 0 Å². The molecule has 2 fully saturated rings. The molecule has 2 rings (SSSR count). The Hall–Kier alpha value is -0.120. The molecule has 3 heteroatoms. The second-order valence-corrected chi connectivity index (χ2v) is 4.37. The van der Waals surface area contributed by atoms with Gasteiger partial charge in [0.05, 0.1) is 0 Å². The Morgan fingerprint density at radius 1 is 1.23 bits per heavy atom. The van der Waals surface area contributed by atoms with Crippen molar-refractivity contribution in [3.63, 3.8) is 0 Å². The maximum atomic E-state index is 5.56. The van der Waals surface area contributed by atoms with Crippen LogP contribution in [0.1, 0.15) is 25.7 Å². The lowest BCUT2D eigenvalue weighted by Gasteiger charge is -2.33. The quantitative estimate of drug-likeness (QED) is 0.652. The first-order valence-electron chi connectivity index (χ1n) is 5.57. The van der Waals surface area contributed by atoms with E-state index < -0.39 is 0 Å². The van der Waals surface area contributed by atoms with Crippen LogP contribution < -0.4 is 11.1 Å². The molecule has 13 heavy (non-hydrogen) atoms. The summed E-state index contributed by atoms with van der Waals surface area (Å²) in [6.45, 7) is 4.34. The van der Waals surface area contributed by atoms with E-state index in [0.717, 1.165) is 25.2 Å². The summed E-state index contributed by atoms with van der Waals surface area (Å²) in [4.78, 5) is 2.49. The summed E-state index contributed by atoms with van der Waals surface area (Å²) >= 11 is 0. The molecule has 1 saturated heterocycles. The van der Waals surface area contributed by atoms with Gasteiger partial charge in [-0.2, -0.15) is 0 Å². The first kappa shape index (κ1) is 9.44. The molecule has 1 saturated carbocycles. The molecule has 0 aromatic heterocycles. The van der Waals surface area contributed by atoms with Crippen molar-refractivity contribution in [1.29, 1.82) is 0 Å². The van der Waals surface area contributed by atoms with Gasteiger partial charge in [0, 0.05) is 31.7 Å². The molecule has 1 unspecified atom stereocenters. The van der Waals surface area contributed by atoms with Crippen molar-refractivity contribution in [3.05, 3.63) is 0 Å². The second-order valence-electron chi connectivity index (χ2n) is 4.37.